The van der Waals surface area contributed by atoms with Gasteiger partial charge < -0.3 is 14.8 Å². The lowest BCUT2D eigenvalue weighted by Gasteiger charge is -2.14. The molecule has 8 heteroatoms. The molecule has 0 unspecified atom stereocenters. The lowest BCUT2D eigenvalue weighted by atomic mass is 10.1. The number of nitrogens with zero attached hydrogens (tertiary/aromatic N) is 4. The second kappa shape index (κ2) is 10.5. The van der Waals surface area contributed by atoms with Crippen molar-refractivity contribution in [3.63, 3.8) is 0 Å². The van der Waals surface area contributed by atoms with E-state index in [1.165, 1.54) is 0 Å². The normalized spacial score (nSPS) is 10.9. The number of carbonyl (C=O) groups is 1. The molecule has 2 aromatic heterocycles. The summed E-state index contributed by atoms with van der Waals surface area (Å²) in [7, 11) is 1.61. The number of anilines is 1. The molecule has 0 aliphatic rings. The fourth-order valence-corrected chi connectivity index (χ4v) is 3.90. The maximum atomic E-state index is 13.0. The Labute approximate surface area is 205 Å². The molecule has 0 atom stereocenters. The molecule has 4 aromatic rings. The summed E-state index contributed by atoms with van der Waals surface area (Å²) in [6, 6.07) is 11.4. The molecular weight excluding hydrogens is 442 g/mol. The molecule has 0 fully saturated rings. The summed E-state index contributed by atoms with van der Waals surface area (Å²) in [5.74, 6) is 1.26. The molecule has 0 spiro atoms. The van der Waals surface area contributed by atoms with Crippen LogP contribution in [0.15, 0.2) is 55.0 Å². The zero-order valence-electron chi connectivity index (χ0n) is 20.8. The van der Waals surface area contributed by atoms with Crippen LogP contribution in [0.2, 0.25) is 0 Å². The highest BCUT2D eigenvalue weighted by atomic mass is 16.5. The van der Waals surface area contributed by atoms with Crippen LogP contribution in [0.5, 0.6) is 11.5 Å². The molecular formula is C27H31N5O3. The minimum Gasteiger partial charge on any atom is -0.496 e. The number of rotatable bonds is 9. The van der Waals surface area contributed by atoms with Crippen molar-refractivity contribution in [2.24, 2.45) is 0 Å². The molecule has 1 amide bonds. The van der Waals surface area contributed by atoms with E-state index >= 15 is 0 Å². The smallest absolute Gasteiger partial charge is 0.255 e. The highest BCUT2D eigenvalue weighted by Gasteiger charge is 2.13. The number of nitrogens with one attached hydrogen (secondary N) is 1. The molecule has 0 saturated carbocycles. The van der Waals surface area contributed by atoms with Crippen molar-refractivity contribution in [2.45, 2.75) is 47.4 Å². The van der Waals surface area contributed by atoms with E-state index in [-0.39, 0.29) is 12.5 Å². The number of hydrogen-bond donors (Lipinski definition) is 1. The van der Waals surface area contributed by atoms with Crippen LogP contribution in [0.1, 0.15) is 45.2 Å². The van der Waals surface area contributed by atoms with E-state index in [9.17, 15) is 4.79 Å². The SMILES string of the molecule is CCn1ncc(Cn2cc(NC(=O)c3ccc(OC)c(COc4cc(C)ccc4C)c3)cn2)c1C. The first-order valence-electron chi connectivity index (χ1n) is 11.6. The van der Waals surface area contributed by atoms with Crippen molar-refractivity contribution in [1.82, 2.24) is 19.6 Å². The summed E-state index contributed by atoms with van der Waals surface area (Å²) < 4.78 is 15.3. The Balaban J connectivity index is 1.45. The Morgan fingerprint density at radius 1 is 1.00 bits per heavy atom. The number of carbonyl (C=O) groups excluding carboxylic acids is 1. The number of ether oxygens (including phenoxy) is 2. The average molecular weight is 474 g/mol. The van der Waals surface area contributed by atoms with Gasteiger partial charge in [-0.15, -0.1) is 0 Å². The summed E-state index contributed by atoms with van der Waals surface area (Å²) in [6.45, 7) is 9.84. The van der Waals surface area contributed by atoms with Crippen LogP contribution >= 0.6 is 0 Å². The Morgan fingerprint density at radius 2 is 1.83 bits per heavy atom. The Kier molecular flexibility index (Phi) is 7.19. The van der Waals surface area contributed by atoms with Crippen molar-refractivity contribution in [1.29, 1.82) is 0 Å². The molecule has 8 nitrogen and oxygen atoms in total. The molecule has 2 heterocycles. The van der Waals surface area contributed by atoms with Gasteiger partial charge in [0, 0.05) is 35.1 Å². The van der Waals surface area contributed by atoms with Crippen LogP contribution < -0.4 is 14.8 Å². The third kappa shape index (κ3) is 5.54. The molecule has 182 valence electrons. The molecule has 35 heavy (non-hydrogen) atoms. The molecule has 0 aliphatic heterocycles. The van der Waals surface area contributed by atoms with E-state index in [1.54, 1.807) is 36.2 Å². The zero-order chi connectivity index (χ0) is 24.9. The number of benzene rings is 2. The fraction of sp³-hybridized carbons (Fsp3) is 0.296. The van der Waals surface area contributed by atoms with E-state index < -0.39 is 0 Å². The van der Waals surface area contributed by atoms with Crippen LogP contribution in [-0.4, -0.2) is 32.6 Å². The lowest BCUT2D eigenvalue weighted by Crippen LogP contribution is -2.12. The summed E-state index contributed by atoms with van der Waals surface area (Å²) in [4.78, 5) is 13.0. The zero-order valence-corrected chi connectivity index (χ0v) is 20.8. The van der Waals surface area contributed by atoms with Gasteiger partial charge in [0.1, 0.15) is 18.1 Å². The van der Waals surface area contributed by atoms with E-state index in [0.29, 0.717) is 23.5 Å². The first kappa shape index (κ1) is 24.1. The molecule has 0 aliphatic carbocycles. The van der Waals surface area contributed by atoms with Gasteiger partial charge in [-0.05, 0) is 63.1 Å². The van der Waals surface area contributed by atoms with Gasteiger partial charge in [-0.25, -0.2) is 0 Å². The number of aryl methyl sites for hydroxylation is 3. The topological polar surface area (TPSA) is 83.2 Å². The predicted octanol–water partition coefficient (Wildman–Crippen LogP) is 4.91. The van der Waals surface area contributed by atoms with Crippen molar-refractivity contribution < 1.29 is 14.3 Å². The van der Waals surface area contributed by atoms with Crippen molar-refractivity contribution in [3.8, 4) is 11.5 Å². The number of amides is 1. The van der Waals surface area contributed by atoms with Crippen LogP contribution in [0, 0.1) is 20.8 Å². The van der Waals surface area contributed by atoms with E-state index in [1.807, 2.05) is 50.0 Å². The lowest BCUT2D eigenvalue weighted by molar-refractivity contribution is 0.102. The van der Waals surface area contributed by atoms with E-state index in [0.717, 1.165) is 40.2 Å². The van der Waals surface area contributed by atoms with Gasteiger partial charge in [0.05, 0.1) is 31.7 Å². The van der Waals surface area contributed by atoms with Gasteiger partial charge in [0.25, 0.3) is 5.91 Å². The maximum absolute atomic E-state index is 13.0. The Bertz CT molecular complexity index is 1340. The summed E-state index contributed by atoms with van der Waals surface area (Å²) in [6.07, 6.45) is 5.32. The second-order valence-electron chi connectivity index (χ2n) is 8.54. The molecule has 0 bridgehead atoms. The van der Waals surface area contributed by atoms with Gasteiger partial charge >= 0.3 is 0 Å². The average Bonchev–Trinajstić information content (AvgIpc) is 3.45. The van der Waals surface area contributed by atoms with E-state index in [4.69, 9.17) is 9.47 Å². The summed E-state index contributed by atoms with van der Waals surface area (Å²) >= 11 is 0. The van der Waals surface area contributed by atoms with Crippen LogP contribution in [-0.2, 0) is 19.7 Å². The molecule has 0 saturated heterocycles. The standard InChI is InChI=1S/C27H31N5O3/c1-6-32-20(4)23(13-29-32)15-31-16-24(14-28-31)30-27(33)21-9-10-25(34-5)22(12-21)17-35-26-11-18(2)7-8-19(26)3/h7-14,16H,6,15,17H2,1-5H3,(H,30,33). The predicted molar refractivity (Wildman–Crippen MR) is 135 cm³/mol. The van der Waals surface area contributed by atoms with Gasteiger partial charge in [0.15, 0.2) is 0 Å². The van der Waals surface area contributed by atoms with E-state index in [2.05, 4.69) is 28.5 Å². The van der Waals surface area contributed by atoms with Crippen LogP contribution in [0.25, 0.3) is 0 Å². The van der Waals surface area contributed by atoms with Gasteiger partial charge in [-0.1, -0.05) is 12.1 Å². The van der Waals surface area contributed by atoms with Crippen LogP contribution in [0.4, 0.5) is 5.69 Å². The molecule has 0 radical (unpaired) electrons. The minimum absolute atomic E-state index is 0.227. The van der Waals surface area contributed by atoms with Gasteiger partial charge in [0.2, 0.25) is 0 Å². The second-order valence-corrected chi connectivity index (χ2v) is 8.54. The number of aromatic nitrogens is 4. The largest absolute Gasteiger partial charge is 0.496 e. The van der Waals surface area contributed by atoms with Crippen molar-refractivity contribution >= 4 is 11.6 Å². The summed E-state index contributed by atoms with van der Waals surface area (Å²) in [5.41, 5.74) is 6.31. The first-order valence-corrected chi connectivity index (χ1v) is 11.6. The fourth-order valence-electron chi connectivity index (χ4n) is 3.90. The minimum atomic E-state index is -0.227. The molecule has 4 rings (SSSR count). The Hall–Kier alpha value is -4.07. The highest BCUT2D eigenvalue weighted by Crippen LogP contribution is 2.25. The van der Waals surface area contributed by atoms with Crippen molar-refractivity contribution in [2.75, 3.05) is 12.4 Å². The quantitative estimate of drug-likeness (QED) is 0.373. The maximum Gasteiger partial charge on any atom is 0.255 e. The highest BCUT2D eigenvalue weighted by molar-refractivity contribution is 6.04. The number of methoxy groups -OCH3 is 1. The molecule has 2 aromatic carbocycles. The van der Waals surface area contributed by atoms with Gasteiger partial charge in [-0.2, -0.15) is 10.2 Å². The molecule has 1 N–H and O–H groups in total. The monoisotopic (exact) mass is 473 g/mol. The third-order valence-corrected chi connectivity index (χ3v) is 6.00. The van der Waals surface area contributed by atoms with Crippen LogP contribution in [0.3, 0.4) is 0 Å². The number of hydrogen-bond acceptors (Lipinski definition) is 5. The third-order valence-electron chi connectivity index (χ3n) is 6.00. The van der Waals surface area contributed by atoms with Gasteiger partial charge in [-0.3, -0.25) is 14.2 Å². The van der Waals surface area contributed by atoms with Crippen molar-refractivity contribution in [3.05, 3.63) is 88.5 Å². The first-order chi connectivity index (χ1) is 16.9. The Morgan fingerprint density at radius 3 is 2.57 bits per heavy atom. The summed E-state index contributed by atoms with van der Waals surface area (Å²) in [5, 5.41) is 11.7.